The van der Waals surface area contributed by atoms with Crippen molar-refractivity contribution in [3.05, 3.63) is 73.1 Å². The third-order valence-electron chi connectivity index (χ3n) is 3.57. The molecule has 0 aliphatic rings. The number of fused-ring (bicyclic) bond motifs is 1. The van der Waals surface area contributed by atoms with E-state index in [1.165, 1.54) is 0 Å². The van der Waals surface area contributed by atoms with E-state index in [1.54, 1.807) is 17.1 Å². The third kappa shape index (κ3) is 2.48. The molecule has 0 saturated carbocycles. The third-order valence-corrected chi connectivity index (χ3v) is 3.57. The summed E-state index contributed by atoms with van der Waals surface area (Å²) in [5.41, 5.74) is 7.79. The van der Waals surface area contributed by atoms with Crippen LogP contribution in [0.1, 0.15) is 0 Å². The molecule has 2 aromatic carbocycles. The number of rotatable bonds is 3. The molecular weight excluding hydrogens is 288 g/mol. The summed E-state index contributed by atoms with van der Waals surface area (Å²) in [5, 5.41) is 5.23. The fraction of sp³-hybridized carbons (Fsp3) is 0. The predicted molar refractivity (Wildman–Crippen MR) is 89.8 cm³/mol. The molecule has 0 aliphatic carbocycles. The van der Waals surface area contributed by atoms with Crippen molar-refractivity contribution < 1.29 is 4.74 Å². The van der Waals surface area contributed by atoms with Crippen LogP contribution in [0.15, 0.2) is 73.1 Å². The maximum Gasteiger partial charge on any atom is 0.155 e. The normalized spacial score (nSPS) is 10.8. The van der Waals surface area contributed by atoms with Gasteiger partial charge in [0.15, 0.2) is 5.82 Å². The lowest BCUT2D eigenvalue weighted by molar-refractivity contribution is 0.482. The van der Waals surface area contributed by atoms with E-state index in [0.29, 0.717) is 5.82 Å². The van der Waals surface area contributed by atoms with Crippen LogP contribution in [0.2, 0.25) is 0 Å². The number of nitrogens with two attached hydrogens (primary N) is 1. The van der Waals surface area contributed by atoms with Crippen LogP contribution in [0.25, 0.3) is 16.6 Å². The van der Waals surface area contributed by atoms with Crippen molar-refractivity contribution in [2.45, 2.75) is 0 Å². The van der Waals surface area contributed by atoms with Crippen LogP contribution in [0.4, 0.5) is 5.82 Å². The topological polar surface area (TPSA) is 66.0 Å². The smallest absolute Gasteiger partial charge is 0.155 e. The van der Waals surface area contributed by atoms with Crippen LogP contribution in [0.3, 0.4) is 0 Å². The van der Waals surface area contributed by atoms with E-state index < -0.39 is 0 Å². The van der Waals surface area contributed by atoms with E-state index in [-0.39, 0.29) is 0 Å². The lowest BCUT2D eigenvalue weighted by Crippen LogP contribution is -1.97. The van der Waals surface area contributed by atoms with Crippen LogP contribution in [0, 0.1) is 0 Å². The van der Waals surface area contributed by atoms with Crippen molar-refractivity contribution in [3.8, 4) is 17.2 Å². The first-order valence-electron chi connectivity index (χ1n) is 7.23. The maximum absolute atomic E-state index is 5.95. The Morgan fingerprint density at radius 3 is 2.39 bits per heavy atom. The number of ether oxygens (including phenoxy) is 1. The van der Waals surface area contributed by atoms with Gasteiger partial charge in [0.05, 0.1) is 16.6 Å². The number of benzene rings is 2. The molecule has 0 spiro atoms. The van der Waals surface area contributed by atoms with Gasteiger partial charge in [0.25, 0.3) is 0 Å². The Morgan fingerprint density at radius 2 is 1.61 bits per heavy atom. The zero-order valence-corrected chi connectivity index (χ0v) is 12.3. The first-order valence-corrected chi connectivity index (χ1v) is 7.23. The summed E-state index contributed by atoms with van der Waals surface area (Å²) in [7, 11) is 0. The number of aromatic nitrogens is 3. The number of anilines is 1. The van der Waals surface area contributed by atoms with Gasteiger partial charge in [0.1, 0.15) is 11.5 Å². The summed E-state index contributed by atoms with van der Waals surface area (Å²) >= 11 is 0. The average molecular weight is 302 g/mol. The van der Waals surface area contributed by atoms with Gasteiger partial charge in [-0.15, -0.1) is 5.10 Å². The highest BCUT2D eigenvalue weighted by Crippen LogP contribution is 2.25. The summed E-state index contributed by atoms with van der Waals surface area (Å²) in [6.45, 7) is 0. The Morgan fingerprint density at radius 1 is 0.870 bits per heavy atom. The molecule has 0 unspecified atom stereocenters. The van der Waals surface area contributed by atoms with Gasteiger partial charge in [0.2, 0.25) is 0 Å². The first kappa shape index (κ1) is 13.3. The minimum atomic E-state index is 0.470. The lowest BCUT2D eigenvalue weighted by Gasteiger charge is -2.07. The van der Waals surface area contributed by atoms with E-state index >= 15 is 0 Å². The van der Waals surface area contributed by atoms with Crippen molar-refractivity contribution in [2.75, 3.05) is 5.73 Å². The van der Waals surface area contributed by atoms with E-state index in [1.807, 2.05) is 60.7 Å². The number of hydrogen-bond donors (Lipinski definition) is 1. The van der Waals surface area contributed by atoms with E-state index in [9.17, 15) is 0 Å². The standard InChI is InChI=1S/C18H14N4O/c19-18-16-12-20-11-10-17(16)22(21-18)13-6-8-15(9-7-13)23-14-4-2-1-3-5-14/h1-12H,(H2,19,21). The van der Waals surface area contributed by atoms with Gasteiger partial charge in [-0.3, -0.25) is 4.98 Å². The van der Waals surface area contributed by atoms with Crippen LogP contribution >= 0.6 is 0 Å². The van der Waals surface area contributed by atoms with Gasteiger partial charge in [-0.1, -0.05) is 18.2 Å². The molecule has 2 heterocycles. The largest absolute Gasteiger partial charge is 0.457 e. The van der Waals surface area contributed by atoms with Gasteiger partial charge < -0.3 is 10.5 Å². The molecule has 0 amide bonds. The Kier molecular flexibility index (Phi) is 3.16. The number of pyridine rings is 1. The molecular formula is C18H14N4O. The van der Waals surface area contributed by atoms with Gasteiger partial charge in [0, 0.05) is 12.4 Å². The highest BCUT2D eigenvalue weighted by Gasteiger charge is 2.09. The van der Waals surface area contributed by atoms with Crippen molar-refractivity contribution in [3.63, 3.8) is 0 Å². The fourth-order valence-electron chi connectivity index (χ4n) is 2.46. The first-order chi connectivity index (χ1) is 11.3. The van der Waals surface area contributed by atoms with Gasteiger partial charge in [-0.25, -0.2) is 4.68 Å². The zero-order valence-electron chi connectivity index (χ0n) is 12.3. The molecule has 0 radical (unpaired) electrons. The van der Waals surface area contributed by atoms with Gasteiger partial charge in [-0.2, -0.15) is 0 Å². The van der Waals surface area contributed by atoms with Crippen molar-refractivity contribution in [1.82, 2.24) is 14.8 Å². The minimum Gasteiger partial charge on any atom is -0.457 e. The maximum atomic E-state index is 5.95. The highest BCUT2D eigenvalue weighted by atomic mass is 16.5. The van der Waals surface area contributed by atoms with Crippen LogP contribution in [0.5, 0.6) is 11.5 Å². The molecule has 0 fully saturated rings. The summed E-state index contributed by atoms with van der Waals surface area (Å²) in [5.74, 6) is 2.05. The molecule has 23 heavy (non-hydrogen) atoms. The Hall–Kier alpha value is -3.34. The second-order valence-corrected chi connectivity index (χ2v) is 5.10. The average Bonchev–Trinajstić information content (AvgIpc) is 2.94. The summed E-state index contributed by atoms with van der Waals surface area (Å²) < 4.78 is 7.60. The molecule has 2 N–H and O–H groups in total. The zero-order chi connectivity index (χ0) is 15.6. The van der Waals surface area contributed by atoms with E-state index in [4.69, 9.17) is 10.5 Å². The fourth-order valence-corrected chi connectivity index (χ4v) is 2.46. The number of para-hydroxylation sites is 1. The highest BCUT2D eigenvalue weighted by molar-refractivity contribution is 5.89. The second kappa shape index (κ2) is 5.46. The monoisotopic (exact) mass is 302 g/mol. The van der Waals surface area contributed by atoms with Gasteiger partial charge in [-0.05, 0) is 42.5 Å². The molecule has 2 aromatic heterocycles. The van der Waals surface area contributed by atoms with E-state index in [2.05, 4.69) is 10.1 Å². The molecule has 0 atom stereocenters. The molecule has 4 rings (SSSR count). The quantitative estimate of drug-likeness (QED) is 0.625. The Bertz CT molecular complexity index is 946. The summed E-state index contributed by atoms with van der Waals surface area (Å²) in [6.07, 6.45) is 3.45. The molecule has 4 aromatic rings. The van der Waals surface area contributed by atoms with Gasteiger partial charge >= 0.3 is 0 Å². The van der Waals surface area contributed by atoms with Crippen molar-refractivity contribution in [2.24, 2.45) is 0 Å². The molecule has 0 saturated heterocycles. The summed E-state index contributed by atoms with van der Waals surface area (Å²) in [6, 6.07) is 19.3. The van der Waals surface area contributed by atoms with Crippen molar-refractivity contribution >= 4 is 16.7 Å². The minimum absolute atomic E-state index is 0.470. The molecule has 0 bridgehead atoms. The van der Waals surface area contributed by atoms with Crippen LogP contribution in [-0.4, -0.2) is 14.8 Å². The van der Waals surface area contributed by atoms with Crippen molar-refractivity contribution in [1.29, 1.82) is 0 Å². The Balaban J connectivity index is 1.67. The Labute approximate surface area is 133 Å². The molecule has 0 aliphatic heterocycles. The summed E-state index contributed by atoms with van der Waals surface area (Å²) in [4.78, 5) is 4.09. The molecule has 5 heteroatoms. The van der Waals surface area contributed by atoms with Crippen LogP contribution < -0.4 is 10.5 Å². The number of nitrogens with zero attached hydrogens (tertiary/aromatic N) is 3. The number of nitrogen functional groups attached to an aromatic ring is 1. The SMILES string of the molecule is Nc1nn(-c2ccc(Oc3ccccc3)cc2)c2ccncc12. The second-order valence-electron chi connectivity index (χ2n) is 5.10. The van der Waals surface area contributed by atoms with Crippen LogP contribution in [-0.2, 0) is 0 Å². The lowest BCUT2D eigenvalue weighted by atomic mass is 10.2. The number of hydrogen-bond acceptors (Lipinski definition) is 4. The van der Waals surface area contributed by atoms with E-state index in [0.717, 1.165) is 28.1 Å². The molecule has 112 valence electrons. The molecule has 5 nitrogen and oxygen atoms in total. The predicted octanol–water partition coefficient (Wildman–Crippen LogP) is 3.80.